The van der Waals surface area contributed by atoms with Crippen LogP contribution in [0.2, 0.25) is 0 Å². The zero-order chi connectivity index (χ0) is 29.8. The second-order valence-electron chi connectivity index (χ2n) is 11.7. The number of ether oxygens (including phenoxy) is 1. The van der Waals surface area contributed by atoms with E-state index < -0.39 is 5.97 Å². The highest BCUT2D eigenvalue weighted by atomic mass is 79.9. The Morgan fingerprint density at radius 2 is 1.60 bits per heavy atom. The monoisotopic (exact) mass is 636 g/mol. The van der Waals surface area contributed by atoms with Gasteiger partial charge in [-0.25, -0.2) is 9.78 Å². The first-order valence-corrected chi connectivity index (χ1v) is 15.5. The standard InChI is InChI=1S/C35H29BrN2O5/c1-2-19-15-24(36)16-26-27(35(42)43-18-29(39)21-6-4-3-5-7-21)17-28(37-32(19)26)20-10-12-25(13-11-20)38-33(40)30-22-8-9-23(14-22)31(30)34(38)41/h3-7,10-13,15-17,22-23,30-31H,2,8-9,14,18H2,1H3. The Kier molecular flexibility index (Phi) is 6.96. The van der Waals surface area contributed by atoms with Crippen molar-refractivity contribution in [3.8, 4) is 11.3 Å². The summed E-state index contributed by atoms with van der Waals surface area (Å²) in [5.74, 6) is -0.771. The van der Waals surface area contributed by atoms with Crippen LogP contribution in [0.3, 0.4) is 0 Å². The van der Waals surface area contributed by atoms with Crippen LogP contribution in [-0.4, -0.2) is 35.2 Å². The predicted octanol–water partition coefficient (Wildman–Crippen LogP) is 6.80. The molecule has 0 radical (unpaired) electrons. The summed E-state index contributed by atoms with van der Waals surface area (Å²) in [6, 6.07) is 21.4. The molecular weight excluding hydrogens is 608 g/mol. The summed E-state index contributed by atoms with van der Waals surface area (Å²) in [7, 11) is 0. The molecule has 3 fully saturated rings. The van der Waals surface area contributed by atoms with E-state index in [9.17, 15) is 19.2 Å². The average molecular weight is 638 g/mol. The van der Waals surface area contributed by atoms with E-state index in [1.165, 1.54) is 4.90 Å². The van der Waals surface area contributed by atoms with Crippen LogP contribution in [0.25, 0.3) is 22.2 Å². The SMILES string of the molecule is CCc1cc(Br)cc2c(C(=O)OCC(=O)c3ccccc3)cc(-c3ccc(N4C(=O)C5C6CCC(C6)C5C4=O)cc3)nc12. The van der Waals surface area contributed by atoms with Gasteiger partial charge in [0.1, 0.15) is 0 Å². The summed E-state index contributed by atoms with van der Waals surface area (Å²) >= 11 is 3.55. The van der Waals surface area contributed by atoms with E-state index in [2.05, 4.69) is 15.9 Å². The fourth-order valence-electron chi connectivity index (χ4n) is 7.31. The summed E-state index contributed by atoms with van der Waals surface area (Å²) in [6.07, 6.45) is 3.75. The van der Waals surface area contributed by atoms with Crippen LogP contribution in [0.15, 0.2) is 77.3 Å². The van der Waals surface area contributed by atoms with Crippen molar-refractivity contribution >= 4 is 56.1 Å². The van der Waals surface area contributed by atoms with E-state index in [-0.39, 0.29) is 36.0 Å². The number of hydrogen-bond acceptors (Lipinski definition) is 6. The number of hydrogen-bond donors (Lipinski definition) is 0. The number of halogens is 1. The number of amides is 2. The van der Waals surface area contributed by atoms with E-state index >= 15 is 0 Å². The van der Waals surface area contributed by atoms with E-state index in [1.54, 1.807) is 42.5 Å². The average Bonchev–Trinajstić information content (AvgIpc) is 3.72. The van der Waals surface area contributed by atoms with E-state index in [0.29, 0.717) is 51.7 Å². The number of pyridine rings is 1. The zero-order valence-corrected chi connectivity index (χ0v) is 25.2. The van der Waals surface area contributed by atoms with Crippen molar-refractivity contribution in [3.05, 3.63) is 94.0 Å². The Morgan fingerprint density at radius 1 is 0.930 bits per heavy atom. The highest BCUT2D eigenvalue weighted by Gasteiger charge is 2.61. The van der Waals surface area contributed by atoms with Crippen LogP contribution in [0.5, 0.6) is 0 Å². The van der Waals surface area contributed by atoms with Gasteiger partial charge in [0.05, 0.1) is 34.3 Å². The molecule has 4 atom stereocenters. The molecule has 3 aromatic carbocycles. The second-order valence-corrected chi connectivity index (χ2v) is 12.6. The summed E-state index contributed by atoms with van der Waals surface area (Å²) in [5, 5.41) is 0.623. The lowest BCUT2D eigenvalue weighted by molar-refractivity contribution is -0.123. The fraction of sp³-hybridized carbons (Fsp3) is 0.286. The number of rotatable bonds is 7. The van der Waals surface area contributed by atoms with Crippen LogP contribution in [0, 0.1) is 23.7 Å². The third-order valence-electron chi connectivity index (χ3n) is 9.34. The normalized spacial score (nSPS) is 22.3. The lowest BCUT2D eigenvalue weighted by atomic mass is 9.81. The quantitative estimate of drug-likeness (QED) is 0.126. The molecule has 0 spiro atoms. The van der Waals surface area contributed by atoms with Gasteiger partial charge in [0.15, 0.2) is 12.4 Å². The molecule has 7 nitrogen and oxygen atoms in total. The first kappa shape index (κ1) is 27.7. The number of imide groups is 1. The minimum absolute atomic E-state index is 0.0768. The third kappa shape index (κ3) is 4.68. The van der Waals surface area contributed by atoms with Gasteiger partial charge >= 0.3 is 5.97 Å². The zero-order valence-electron chi connectivity index (χ0n) is 23.6. The number of aromatic nitrogens is 1. The van der Waals surface area contributed by atoms with Gasteiger partial charge in [-0.15, -0.1) is 0 Å². The Bertz CT molecular complexity index is 1780. The van der Waals surface area contributed by atoms with Crippen molar-refractivity contribution in [1.82, 2.24) is 4.98 Å². The van der Waals surface area contributed by atoms with Gasteiger partial charge in [-0.3, -0.25) is 19.3 Å². The number of carbonyl (C=O) groups is 4. The number of aryl methyl sites for hydroxylation is 1. The topological polar surface area (TPSA) is 93.6 Å². The Morgan fingerprint density at radius 3 is 2.26 bits per heavy atom. The Labute approximate surface area is 257 Å². The van der Waals surface area contributed by atoms with Crippen molar-refractivity contribution < 1.29 is 23.9 Å². The fourth-order valence-corrected chi connectivity index (χ4v) is 7.81. The molecule has 2 saturated carbocycles. The number of carbonyl (C=O) groups excluding carboxylic acids is 4. The molecule has 3 aliphatic rings. The number of ketones is 1. The van der Waals surface area contributed by atoms with Gasteiger partial charge in [0.2, 0.25) is 11.8 Å². The van der Waals surface area contributed by atoms with Crippen LogP contribution in [0.1, 0.15) is 52.5 Å². The van der Waals surface area contributed by atoms with E-state index in [4.69, 9.17) is 9.72 Å². The maximum atomic E-state index is 13.4. The van der Waals surface area contributed by atoms with Crippen molar-refractivity contribution in [2.24, 2.45) is 23.7 Å². The maximum Gasteiger partial charge on any atom is 0.339 e. The van der Waals surface area contributed by atoms with Crippen LogP contribution in [0.4, 0.5) is 5.69 Å². The number of Topliss-reactive ketones (excluding diaryl/α,β-unsaturated/α-hetero) is 1. The van der Waals surface area contributed by atoms with Crippen molar-refractivity contribution in [1.29, 1.82) is 0 Å². The van der Waals surface area contributed by atoms with Crippen molar-refractivity contribution in [2.75, 3.05) is 11.5 Å². The van der Waals surface area contributed by atoms with Crippen LogP contribution >= 0.6 is 15.9 Å². The predicted molar refractivity (Wildman–Crippen MR) is 166 cm³/mol. The van der Waals surface area contributed by atoms with Gasteiger partial charge < -0.3 is 4.74 Å². The number of nitrogens with zero attached hydrogens (tertiary/aromatic N) is 2. The van der Waals surface area contributed by atoms with Gasteiger partial charge in [0.25, 0.3) is 0 Å². The highest BCUT2D eigenvalue weighted by Crippen LogP contribution is 2.56. The molecule has 0 N–H and O–H groups in total. The molecule has 2 amide bonds. The van der Waals surface area contributed by atoms with Crippen molar-refractivity contribution in [3.63, 3.8) is 0 Å². The molecule has 1 aliphatic heterocycles. The number of fused-ring (bicyclic) bond motifs is 6. The molecule has 43 heavy (non-hydrogen) atoms. The van der Waals surface area contributed by atoms with Gasteiger partial charge in [-0.2, -0.15) is 0 Å². The largest absolute Gasteiger partial charge is 0.454 e. The number of benzene rings is 3. The van der Waals surface area contributed by atoms with Gasteiger partial charge in [-0.05, 0) is 73.4 Å². The molecule has 2 aliphatic carbocycles. The molecule has 7 rings (SSSR count). The third-order valence-corrected chi connectivity index (χ3v) is 9.79. The van der Waals surface area contributed by atoms with Gasteiger partial charge in [-0.1, -0.05) is 65.3 Å². The lowest BCUT2D eigenvalue weighted by Crippen LogP contribution is -2.32. The molecule has 216 valence electrons. The number of anilines is 1. The minimum Gasteiger partial charge on any atom is -0.454 e. The van der Waals surface area contributed by atoms with Crippen LogP contribution < -0.4 is 4.90 Å². The van der Waals surface area contributed by atoms with E-state index in [0.717, 1.165) is 34.9 Å². The molecular formula is C35H29BrN2O5. The summed E-state index contributed by atoms with van der Waals surface area (Å²) in [4.78, 5) is 59.0. The first-order chi connectivity index (χ1) is 20.8. The van der Waals surface area contributed by atoms with Crippen LogP contribution in [-0.2, 0) is 20.7 Å². The molecule has 8 heteroatoms. The highest BCUT2D eigenvalue weighted by molar-refractivity contribution is 9.10. The Hall–Kier alpha value is -4.17. The van der Waals surface area contributed by atoms with Crippen molar-refractivity contribution in [2.45, 2.75) is 32.6 Å². The van der Waals surface area contributed by atoms with Gasteiger partial charge in [0, 0.05) is 21.0 Å². The van der Waals surface area contributed by atoms with E-state index in [1.807, 2.05) is 37.3 Å². The molecule has 2 bridgehead atoms. The molecule has 2 heterocycles. The number of esters is 1. The summed E-state index contributed by atoms with van der Waals surface area (Å²) < 4.78 is 6.32. The summed E-state index contributed by atoms with van der Waals surface area (Å²) in [5.41, 5.74) is 4.22. The smallest absolute Gasteiger partial charge is 0.339 e. The molecule has 4 unspecified atom stereocenters. The molecule has 1 saturated heterocycles. The maximum absolute atomic E-state index is 13.4. The molecule has 4 aromatic rings. The summed E-state index contributed by atoms with van der Waals surface area (Å²) in [6.45, 7) is 1.64. The Balaban J connectivity index is 1.21. The first-order valence-electron chi connectivity index (χ1n) is 14.7. The molecule has 1 aromatic heterocycles. The lowest BCUT2D eigenvalue weighted by Gasteiger charge is -2.19. The minimum atomic E-state index is -0.621. The second kappa shape index (κ2) is 10.8.